The highest BCUT2D eigenvalue weighted by molar-refractivity contribution is 5.69. The van der Waals surface area contributed by atoms with Gasteiger partial charge < -0.3 is 14.6 Å². The van der Waals surface area contributed by atoms with Crippen molar-refractivity contribution in [3.8, 4) is 0 Å². The van der Waals surface area contributed by atoms with E-state index in [9.17, 15) is 9.90 Å². The van der Waals surface area contributed by atoms with E-state index in [4.69, 9.17) is 9.47 Å². The molecule has 0 spiro atoms. The molecular weight excluding hydrogens is 496 g/mol. The summed E-state index contributed by atoms with van der Waals surface area (Å²) in [5, 5.41) is 9.53. The normalized spacial score (nSPS) is 12.4. The van der Waals surface area contributed by atoms with E-state index in [1.165, 1.54) is 148 Å². The third-order valence-electron chi connectivity index (χ3n) is 7.84. The molecular formula is C36H70O4. The van der Waals surface area contributed by atoms with Gasteiger partial charge in [0.25, 0.3) is 0 Å². The first kappa shape index (κ1) is 39.1. The van der Waals surface area contributed by atoms with Gasteiger partial charge in [-0.15, -0.1) is 0 Å². The molecule has 4 heteroatoms. The molecule has 40 heavy (non-hydrogen) atoms. The molecule has 0 aliphatic carbocycles. The van der Waals surface area contributed by atoms with E-state index in [0.29, 0.717) is 19.6 Å². The molecule has 0 aromatic heterocycles. The third kappa shape index (κ3) is 31.7. The lowest BCUT2D eigenvalue weighted by atomic mass is 10.0. The second-order valence-corrected chi connectivity index (χ2v) is 11.9. The fourth-order valence-corrected chi connectivity index (χ4v) is 5.15. The van der Waals surface area contributed by atoms with Crippen LogP contribution in [0.2, 0.25) is 0 Å². The number of unbranched alkanes of at least 4 members (excludes halogenated alkanes) is 23. The molecule has 0 aromatic carbocycles. The summed E-state index contributed by atoms with van der Waals surface area (Å²) in [6, 6.07) is 0. The van der Waals surface area contributed by atoms with Crippen LogP contribution in [0, 0.1) is 0 Å². The van der Waals surface area contributed by atoms with E-state index >= 15 is 0 Å². The number of hydrogen-bond acceptors (Lipinski definition) is 4. The van der Waals surface area contributed by atoms with Crippen molar-refractivity contribution in [2.45, 2.75) is 193 Å². The van der Waals surface area contributed by atoms with Crippen molar-refractivity contribution < 1.29 is 19.4 Å². The number of aliphatic hydroxyl groups is 1. The largest absolute Gasteiger partial charge is 0.457 e. The van der Waals surface area contributed by atoms with Crippen LogP contribution in [-0.2, 0) is 14.3 Å². The zero-order chi connectivity index (χ0) is 29.2. The topological polar surface area (TPSA) is 55.8 Å². The maximum absolute atomic E-state index is 12.1. The Hall–Kier alpha value is -0.870. The van der Waals surface area contributed by atoms with E-state index < -0.39 is 6.10 Å². The third-order valence-corrected chi connectivity index (χ3v) is 7.84. The van der Waals surface area contributed by atoms with Gasteiger partial charge in [-0.1, -0.05) is 154 Å². The SMILES string of the molecule is CCCCCC/C=C\CCCCCCCCOCC(CO)OC(=O)CCCCCCCCCCCCCCCC. The standard InChI is InChI=1S/C36H70O4/c1-3-5-7-9-11-13-15-17-19-21-23-25-27-29-31-36(38)40-35(33-37)34-39-32-30-28-26-24-22-20-18-16-14-12-10-8-6-4-2/h14,16,35,37H,3-13,15,17-34H2,1-2H3/b16-14-. The molecule has 0 bridgehead atoms. The minimum absolute atomic E-state index is 0.169. The molecule has 1 N–H and O–H groups in total. The summed E-state index contributed by atoms with van der Waals surface area (Å²) in [6.45, 7) is 5.34. The van der Waals surface area contributed by atoms with Gasteiger partial charge in [-0.2, -0.15) is 0 Å². The summed E-state index contributed by atoms with van der Waals surface area (Å²) in [4.78, 5) is 12.1. The molecule has 1 atom stereocenters. The lowest BCUT2D eigenvalue weighted by Crippen LogP contribution is -2.27. The van der Waals surface area contributed by atoms with Crippen LogP contribution in [0.25, 0.3) is 0 Å². The summed E-state index contributed by atoms with van der Waals surface area (Å²) < 4.78 is 11.1. The van der Waals surface area contributed by atoms with Gasteiger partial charge in [0.05, 0.1) is 13.2 Å². The van der Waals surface area contributed by atoms with E-state index in [1.54, 1.807) is 0 Å². The monoisotopic (exact) mass is 567 g/mol. The maximum Gasteiger partial charge on any atom is 0.306 e. The summed E-state index contributed by atoms with van der Waals surface area (Å²) in [7, 11) is 0. The number of ether oxygens (including phenoxy) is 2. The van der Waals surface area contributed by atoms with Crippen molar-refractivity contribution in [3.63, 3.8) is 0 Å². The van der Waals surface area contributed by atoms with Gasteiger partial charge in [0, 0.05) is 13.0 Å². The van der Waals surface area contributed by atoms with E-state index in [1.807, 2.05) is 0 Å². The molecule has 1 unspecified atom stereocenters. The van der Waals surface area contributed by atoms with Crippen molar-refractivity contribution >= 4 is 5.97 Å². The summed E-state index contributed by atoms with van der Waals surface area (Å²) in [6.07, 6.45) is 38.1. The number of hydrogen-bond donors (Lipinski definition) is 1. The van der Waals surface area contributed by atoms with Crippen LogP contribution in [-0.4, -0.2) is 37.0 Å². The molecule has 0 amide bonds. The van der Waals surface area contributed by atoms with Gasteiger partial charge in [0.2, 0.25) is 0 Å². The van der Waals surface area contributed by atoms with Crippen LogP contribution in [0.15, 0.2) is 12.2 Å². The summed E-state index contributed by atoms with van der Waals surface area (Å²) in [5.41, 5.74) is 0. The number of allylic oxidation sites excluding steroid dienone is 2. The Kier molecular flexibility index (Phi) is 33.6. The van der Waals surface area contributed by atoms with Crippen molar-refractivity contribution in [3.05, 3.63) is 12.2 Å². The quantitative estimate of drug-likeness (QED) is 0.0487. The first-order valence-corrected chi connectivity index (χ1v) is 17.8. The fraction of sp³-hybridized carbons (Fsp3) is 0.917. The van der Waals surface area contributed by atoms with Gasteiger partial charge in [0.1, 0.15) is 6.10 Å². The lowest BCUT2D eigenvalue weighted by Gasteiger charge is -2.15. The fourth-order valence-electron chi connectivity index (χ4n) is 5.15. The molecule has 238 valence electrons. The molecule has 0 saturated heterocycles. The lowest BCUT2D eigenvalue weighted by molar-refractivity contribution is -0.154. The molecule has 0 saturated carbocycles. The number of rotatable bonds is 33. The Labute approximate surface area is 250 Å². The summed E-state index contributed by atoms with van der Waals surface area (Å²) >= 11 is 0. The molecule has 0 fully saturated rings. The van der Waals surface area contributed by atoms with Gasteiger partial charge >= 0.3 is 5.97 Å². The first-order valence-electron chi connectivity index (χ1n) is 17.8. The van der Waals surface area contributed by atoms with Crippen molar-refractivity contribution in [1.29, 1.82) is 0 Å². The van der Waals surface area contributed by atoms with Gasteiger partial charge in [0.15, 0.2) is 0 Å². The maximum atomic E-state index is 12.1. The van der Waals surface area contributed by atoms with Gasteiger partial charge in [-0.05, 0) is 38.5 Å². The average Bonchev–Trinajstić information content (AvgIpc) is 2.96. The van der Waals surface area contributed by atoms with Crippen molar-refractivity contribution in [2.75, 3.05) is 19.8 Å². The molecule has 4 nitrogen and oxygen atoms in total. The number of esters is 1. The number of carbonyl (C=O) groups is 1. The zero-order valence-corrected chi connectivity index (χ0v) is 27.1. The predicted octanol–water partition coefficient (Wildman–Crippen LogP) is 11.0. The number of aliphatic hydroxyl groups excluding tert-OH is 1. The molecule has 0 aliphatic rings. The molecule has 0 heterocycles. The smallest absolute Gasteiger partial charge is 0.306 e. The molecule has 0 rings (SSSR count). The Morgan fingerprint density at radius 2 is 0.975 bits per heavy atom. The van der Waals surface area contributed by atoms with Crippen molar-refractivity contribution in [2.24, 2.45) is 0 Å². The van der Waals surface area contributed by atoms with E-state index in [-0.39, 0.29) is 12.6 Å². The molecule has 0 aromatic rings. The van der Waals surface area contributed by atoms with Gasteiger partial charge in [-0.25, -0.2) is 0 Å². The molecule has 0 aliphatic heterocycles. The minimum Gasteiger partial charge on any atom is -0.457 e. The van der Waals surface area contributed by atoms with Crippen LogP contribution in [0.4, 0.5) is 0 Å². The molecule has 0 radical (unpaired) electrons. The average molecular weight is 567 g/mol. The number of carbonyl (C=O) groups excluding carboxylic acids is 1. The van der Waals surface area contributed by atoms with E-state index in [0.717, 1.165) is 19.3 Å². The van der Waals surface area contributed by atoms with Crippen LogP contribution in [0.3, 0.4) is 0 Å². The highest BCUT2D eigenvalue weighted by Gasteiger charge is 2.13. The van der Waals surface area contributed by atoms with E-state index in [2.05, 4.69) is 26.0 Å². The Balaban J connectivity index is 3.42. The van der Waals surface area contributed by atoms with Crippen LogP contribution in [0.5, 0.6) is 0 Å². The Morgan fingerprint density at radius 3 is 1.45 bits per heavy atom. The zero-order valence-electron chi connectivity index (χ0n) is 27.1. The first-order chi connectivity index (χ1) is 19.7. The van der Waals surface area contributed by atoms with Gasteiger partial charge in [-0.3, -0.25) is 4.79 Å². The second kappa shape index (κ2) is 34.3. The highest BCUT2D eigenvalue weighted by Crippen LogP contribution is 2.14. The van der Waals surface area contributed by atoms with Crippen LogP contribution in [0.1, 0.15) is 187 Å². The van der Waals surface area contributed by atoms with Crippen LogP contribution >= 0.6 is 0 Å². The Morgan fingerprint density at radius 1 is 0.575 bits per heavy atom. The van der Waals surface area contributed by atoms with Crippen molar-refractivity contribution in [1.82, 2.24) is 0 Å². The minimum atomic E-state index is -0.529. The van der Waals surface area contributed by atoms with Crippen LogP contribution < -0.4 is 0 Å². The Bertz CT molecular complexity index is 519. The summed E-state index contributed by atoms with van der Waals surface area (Å²) in [5.74, 6) is -0.201. The predicted molar refractivity (Wildman–Crippen MR) is 173 cm³/mol. The second-order valence-electron chi connectivity index (χ2n) is 11.9. The highest BCUT2D eigenvalue weighted by atomic mass is 16.6.